The third kappa shape index (κ3) is 4.88. The van der Waals surface area contributed by atoms with Crippen molar-refractivity contribution in [1.82, 2.24) is 4.98 Å². The molecule has 1 aromatic carbocycles. The average molecular weight is 305 g/mol. The quantitative estimate of drug-likeness (QED) is 0.520. The largest absolute Gasteiger partial charge is 0.397 e. The van der Waals surface area contributed by atoms with E-state index in [0.717, 1.165) is 34.4 Å². The van der Waals surface area contributed by atoms with Crippen LogP contribution in [0.4, 0.5) is 11.4 Å². The minimum absolute atomic E-state index is 0.825. The van der Waals surface area contributed by atoms with Crippen LogP contribution in [0, 0.1) is 12.8 Å². The maximum Gasteiger partial charge on any atom is 0.0907 e. The maximum absolute atomic E-state index is 6.11. The monoisotopic (exact) mass is 305 g/mol. The number of hydrogen-bond donors (Lipinski definition) is 2. The van der Waals surface area contributed by atoms with Crippen molar-refractivity contribution in [2.24, 2.45) is 5.92 Å². The van der Waals surface area contributed by atoms with E-state index < -0.39 is 0 Å². The molecule has 0 bridgehead atoms. The average Bonchev–Trinajstić information content (AvgIpc) is 2.76. The summed E-state index contributed by atoms with van der Waals surface area (Å²) in [4.78, 5) is 4.52. The Morgan fingerprint density at radius 2 is 1.95 bits per heavy atom. The van der Waals surface area contributed by atoms with Crippen LogP contribution in [-0.4, -0.2) is 11.5 Å². The van der Waals surface area contributed by atoms with E-state index in [9.17, 15) is 0 Å². The van der Waals surface area contributed by atoms with Crippen molar-refractivity contribution in [1.29, 1.82) is 0 Å². The molecule has 21 heavy (non-hydrogen) atoms. The van der Waals surface area contributed by atoms with Crippen LogP contribution in [0.1, 0.15) is 51.0 Å². The van der Waals surface area contributed by atoms with Crippen LogP contribution in [0.2, 0.25) is 0 Å². The molecule has 0 aliphatic heterocycles. The van der Waals surface area contributed by atoms with Crippen molar-refractivity contribution in [3.05, 3.63) is 17.1 Å². The second kappa shape index (κ2) is 7.64. The fraction of sp³-hybridized carbons (Fsp3) is 0.588. The van der Waals surface area contributed by atoms with Gasteiger partial charge in [-0.1, -0.05) is 39.5 Å². The summed E-state index contributed by atoms with van der Waals surface area (Å²) in [5.41, 5.74) is 9.00. The van der Waals surface area contributed by atoms with Crippen LogP contribution in [-0.2, 0) is 0 Å². The summed E-state index contributed by atoms with van der Waals surface area (Å²) < 4.78 is 1.17. The summed E-state index contributed by atoms with van der Waals surface area (Å²) >= 11 is 1.70. The van der Waals surface area contributed by atoms with Gasteiger partial charge in [0.05, 0.1) is 26.6 Å². The molecular weight excluding hydrogens is 278 g/mol. The van der Waals surface area contributed by atoms with E-state index in [2.05, 4.69) is 30.2 Å². The molecule has 2 rings (SSSR count). The van der Waals surface area contributed by atoms with Crippen LogP contribution in [0.15, 0.2) is 12.1 Å². The van der Waals surface area contributed by atoms with E-state index in [1.54, 1.807) is 11.3 Å². The SMILES string of the molecule is Cc1nc2cc(NCCCCCCC(C)C)c(N)cc2s1. The lowest BCUT2D eigenvalue weighted by atomic mass is 10.0. The molecule has 0 radical (unpaired) electrons. The molecule has 2 aromatic rings. The van der Waals surface area contributed by atoms with Crippen molar-refractivity contribution in [2.45, 2.75) is 52.9 Å². The van der Waals surface area contributed by atoms with Crippen LogP contribution in [0.3, 0.4) is 0 Å². The first-order valence-corrected chi connectivity index (χ1v) is 8.78. The molecule has 0 aliphatic rings. The summed E-state index contributed by atoms with van der Waals surface area (Å²) in [6.45, 7) is 7.60. The zero-order chi connectivity index (χ0) is 15.2. The molecule has 0 spiro atoms. The molecule has 0 saturated carbocycles. The van der Waals surface area contributed by atoms with E-state index in [1.807, 2.05) is 13.0 Å². The number of thiazole rings is 1. The smallest absolute Gasteiger partial charge is 0.0907 e. The number of anilines is 2. The first kappa shape index (κ1) is 16.1. The summed E-state index contributed by atoms with van der Waals surface area (Å²) in [6, 6.07) is 4.11. The van der Waals surface area contributed by atoms with Crippen molar-refractivity contribution >= 4 is 32.9 Å². The predicted octanol–water partition coefficient (Wildman–Crippen LogP) is 5.21. The molecular formula is C17H27N3S. The number of aromatic nitrogens is 1. The summed E-state index contributed by atoms with van der Waals surface area (Å²) in [7, 11) is 0. The van der Waals surface area contributed by atoms with Crippen molar-refractivity contribution in [3.8, 4) is 0 Å². The number of nitrogens with zero attached hydrogens (tertiary/aromatic N) is 1. The Hall–Kier alpha value is -1.29. The second-order valence-electron chi connectivity index (χ2n) is 6.16. The molecule has 0 amide bonds. The van der Waals surface area contributed by atoms with Gasteiger partial charge in [0, 0.05) is 6.54 Å². The molecule has 1 aromatic heterocycles. The third-order valence-corrected chi connectivity index (χ3v) is 4.62. The molecule has 116 valence electrons. The zero-order valence-electron chi connectivity index (χ0n) is 13.4. The molecule has 0 aliphatic carbocycles. The number of benzene rings is 1. The number of unbranched alkanes of at least 4 members (excludes halogenated alkanes) is 3. The minimum Gasteiger partial charge on any atom is -0.397 e. The maximum atomic E-state index is 6.11. The Bertz CT molecular complexity index is 575. The number of nitrogens with two attached hydrogens (primary N) is 1. The summed E-state index contributed by atoms with van der Waals surface area (Å²) in [5.74, 6) is 0.830. The van der Waals surface area contributed by atoms with Gasteiger partial charge < -0.3 is 11.1 Å². The predicted molar refractivity (Wildman–Crippen MR) is 95.2 cm³/mol. The van der Waals surface area contributed by atoms with E-state index >= 15 is 0 Å². The Labute approximate surface area is 132 Å². The molecule has 3 N–H and O–H groups in total. The van der Waals surface area contributed by atoms with Gasteiger partial charge in [-0.25, -0.2) is 4.98 Å². The number of fused-ring (bicyclic) bond motifs is 1. The molecule has 3 nitrogen and oxygen atoms in total. The van der Waals surface area contributed by atoms with Gasteiger partial charge in [0.25, 0.3) is 0 Å². The molecule has 4 heteroatoms. The standard InChI is InChI=1S/C17H27N3S/c1-12(2)8-6-4-5-7-9-19-15-11-16-17(10-14(15)18)21-13(3)20-16/h10-12,19H,4-9,18H2,1-3H3. The van der Waals surface area contributed by atoms with Crippen LogP contribution in [0.5, 0.6) is 0 Å². The molecule has 1 heterocycles. The van der Waals surface area contributed by atoms with Crippen molar-refractivity contribution < 1.29 is 0 Å². The normalized spacial score (nSPS) is 11.4. The van der Waals surface area contributed by atoms with Crippen molar-refractivity contribution in [2.75, 3.05) is 17.6 Å². The lowest BCUT2D eigenvalue weighted by molar-refractivity contribution is 0.523. The van der Waals surface area contributed by atoms with Crippen molar-refractivity contribution in [3.63, 3.8) is 0 Å². The Morgan fingerprint density at radius 3 is 2.71 bits per heavy atom. The lowest BCUT2D eigenvalue weighted by Crippen LogP contribution is -2.04. The highest BCUT2D eigenvalue weighted by molar-refractivity contribution is 7.18. The van der Waals surface area contributed by atoms with Crippen LogP contribution < -0.4 is 11.1 Å². The van der Waals surface area contributed by atoms with Gasteiger partial charge in [0.1, 0.15) is 0 Å². The van der Waals surface area contributed by atoms with E-state index in [-0.39, 0.29) is 0 Å². The Kier molecular flexibility index (Phi) is 5.85. The minimum atomic E-state index is 0.825. The summed E-state index contributed by atoms with van der Waals surface area (Å²) in [5, 5.41) is 4.54. The van der Waals surface area contributed by atoms with Gasteiger partial charge in [-0.2, -0.15) is 0 Å². The number of nitrogens with one attached hydrogen (secondary N) is 1. The molecule has 0 atom stereocenters. The number of nitrogen functional groups attached to an aromatic ring is 1. The molecule has 0 saturated heterocycles. The summed E-state index contributed by atoms with van der Waals surface area (Å²) in [6.07, 6.45) is 6.52. The number of hydrogen-bond acceptors (Lipinski definition) is 4. The first-order chi connectivity index (χ1) is 10.1. The fourth-order valence-corrected chi connectivity index (χ4v) is 3.37. The highest BCUT2D eigenvalue weighted by atomic mass is 32.1. The van der Waals surface area contributed by atoms with Gasteiger partial charge in [0.2, 0.25) is 0 Å². The van der Waals surface area contributed by atoms with E-state index in [1.165, 1.54) is 36.8 Å². The van der Waals surface area contributed by atoms with Crippen LogP contribution >= 0.6 is 11.3 Å². The van der Waals surface area contributed by atoms with Gasteiger partial charge in [-0.15, -0.1) is 11.3 Å². The van der Waals surface area contributed by atoms with Gasteiger partial charge in [-0.3, -0.25) is 0 Å². The lowest BCUT2D eigenvalue weighted by Gasteiger charge is -2.09. The van der Waals surface area contributed by atoms with E-state index in [4.69, 9.17) is 5.73 Å². The van der Waals surface area contributed by atoms with Gasteiger partial charge >= 0.3 is 0 Å². The number of aryl methyl sites for hydroxylation is 1. The Balaban J connectivity index is 1.77. The van der Waals surface area contributed by atoms with Crippen LogP contribution in [0.25, 0.3) is 10.2 Å². The number of rotatable bonds is 8. The molecule has 0 unspecified atom stereocenters. The topological polar surface area (TPSA) is 50.9 Å². The highest BCUT2D eigenvalue weighted by Gasteiger charge is 2.05. The third-order valence-electron chi connectivity index (χ3n) is 3.69. The van der Waals surface area contributed by atoms with Gasteiger partial charge in [0.15, 0.2) is 0 Å². The Morgan fingerprint density at radius 1 is 1.19 bits per heavy atom. The van der Waals surface area contributed by atoms with Gasteiger partial charge in [-0.05, 0) is 31.4 Å². The fourth-order valence-electron chi connectivity index (χ4n) is 2.51. The first-order valence-electron chi connectivity index (χ1n) is 7.97. The highest BCUT2D eigenvalue weighted by Crippen LogP contribution is 2.29. The zero-order valence-corrected chi connectivity index (χ0v) is 14.2. The second-order valence-corrected chi connectivity index (χ2v) is 7.40. The molecule has 0 fully saturated rings. The van der Waals surface area contributed by atoms with E-state index in [0.29, 0.717) is 0 Å².